The van der Waals surface area contributed by atoms with Crippen LogP contribution in [0.4, 0.5) is 0 Å². The van der Waals surface area contributed by atoms with Gasteiger partial charge in [0.15, 0.2) is 0 Å². The number of ether oxygens (including phenoxy) is 1. The molecule has 6 nitrogen and oxygen atoms in total. The Balaban J connectivity index is 1.48. The molecule has 4 rings (SSSR count). The maximum absolute atomic E-state index is 12.8. The maximum Gasteiger partial charge on any atom is 0.273 e. The normalized spacial score (nSPS) is 22.2. The van der Waals surface area contributed by atoms with Crippen LogP contribution >= 0.6 is 0 Å². The van der Waals surface area contributed by atoms with Crippen LogP contribution in [0.25, 0.3) is 11.0 Å². The molecule has 1 N–H and O–H groups in total. The Kier molecular flexibility index (Phi) is 3.54. The first kappa shape index (κ1) is 13.7. The predicted molar refractivity (Wildman–Crippen MR) is 81.5 cm³/mol. The lowest BCUT2D eigenvalue weighted by Crippen LogP contribution is -2.43. The van der Waals surface area contributed by atoms with Gasteiger partial charge in [-0.3, -0.25) is 4.79 Å². The van der Waals surface area contributed by atoms with Crippen LogP contribution in [0.2, 0.25) is 0 Å². The number of carbonyl (C=O) groups excluding carboxylic acids is 1. The molecule has 1 atom stereocenters. The summed E-state index contributed by atoms with van der Waals surface area (Å²) in [5.41, 5.74) is 1.19. The average Bonchev–Trinajstić information content (AvgIpc) is 3.27. The number of fused-ring (bicyclic) bond motifs is 1. The van der Waals surface area contributed by atoms with E-state index in [9.17, 15) is 4.79 Å². The third-order valence-corrected chi connectivity index (χ3v) is 4.49. The molecule has 22 heavy (non-hydrogen) atoms. The second-order valence-corrected chi connectivity index (χ2v) is 6.25. The summed E-state index contributed by atoms with van der Waals surface area (Å²) in [5.74, 6) is 0.735. The minimum absolute atomic E-state index is 0.0216. The molecule has 1 aliphatic carbocycles. The van der Waals surface area contributed by atoms with Crippen LogP contribution in [0.15, 0.2) is 18.6 Å². The molecule has 1 saturated carbocycles. The van der Waals surface area contributed by atoms with Gasteiger partial charge >= 0.3 is 0 Å². The quantitative estimate of drug-likeness (QED) is 0.937. The smallest absolute Gasteiger partial charge is 0.273 e. The van der Waals surface area contributed by atoms with Crippen molar-refractivity contribution in [2.24, 2.45) is 5.92 Å². The number of H-pyrrole nitrogens is 1. The van der Waals surface area contributed by atoms with Crippen LogP contribution < -0.4 is 0 Å². The van der Waals surface area contributed by atoms with Crippen molar-refractivity contribution in [1.82, 2.24) is 19.9 Å². The summed E-state index contributed by atoms with van der Waals surface area (Å²) in [7, 11) is 0. The van der Waals surface area contributed by atoms with Gasteiger partial charge in [-0.1, -0.05) is 0 Å². The number of nitrogens with one attached hydrogen (secondary N) is 1. The number of rotatable bonds is 4. The highest BCUT2D eigenvalue weighted by molar-refractivity contribution is 6.03. The lowest BCUT2D eigenvalue weighted by atomic mass is 10.1. The Morgan fingerprint density at radius 1 is 1.36 bits per heavy atom. The van der Waals surface area contributed by atoms with E-state index in [4.69, 9.17) is 4.74 Å². The molecular formula is C16H20N4O2. The Morgan fingerprint density at radius 3 is 3.14 bits per heavy atom. The summed E-state index contributed by atoms with van der Waals surface area (Å²) in [5, 5.41) is 0.786. The summed E-state index contributed by atoms with van der Waals surface area (Å²) in [6.07, 6.45) is 8.01. The number of aromatic nitrogens is 3. The molecule has 2 aromatic rings. The van der Waals surface area contributed by atoms with Crippen LogP contribution in [0.3, 0.4) is 0 Å². The third-order valence-electron chi connectivity index (χ3n) is 4.49. The molecule has 116 valence electrons. The number of amides is 1. The molecular weight excluding hydrogens is 280 g/mol. The molecule has 2 fully saturated rings. The largest absolute Gasteiger partial charge is 0.376 e. The fraction of sp³-hybridized carbons (Fsp3) is 0.562. The van der Waals surface area contributed by atoms with Crippen molar-refractivity contribution in [2.75, 3.05) is 19.7 Å². The highest BCUT2D eigenvalue weighted by Crippen LogP contribution is 2.30. The van der Waals surface area contributed by atoms with Gasteiger partial charge in [-0.2, -0.15) is 0 Å². The highest BCUT2D eigenvalue weighted by atomic mass is 16.5. The molecule has 1 saturated heterocycles. The zero-order chi connectivity index (χ0) is 14.9. The van der Waals surface area contributed by atoms with Crippen LogP contribution in [0.1, 0.15) is 36.2 Å². The second kappa shape index (κ2) is 5.68. The molecule has 1 aliphatic heterocycles. The van der Waals surface area contributed by atoms with Gasteiger partial charge in [0.1, 0.15) is 17.7 Å². The Hall–Kier alpha value is -1.95. The van der Waals surface area contributed by atoms with Gasteiger partial charge in [0.05, 0.1) is 11.5 Å². The van der Waals surface area contributed by atoms with Crippen LogP contribution in [-0.4, -0.2) is 51.6 Å². The highest BCUT2D eigenvalue weighted by Gasteiger charge is 2.29. The first-order valence-electron chi connectivity index (χ1n) is 8.00. The molecule has 1 unspecified atom stereocenters. The van der Waals surface area contributed by atoms with E-state index in [1.165, 1.54) is 19.2 Å². The van der Waals surface area contributed by atoms with Gasteiger partial charge in [0.25, 0.3) is 5.91 Å². The number of aromatic amines is 1. The van der Waals surface area contributed by atoms with Crippen molar-refractivity contribution in [2.45, 2.75) is 31.8 Å². The SMILES string of the molecule is O=C(c1ncnc2[nH]ccc12)N1CCCC(OCC2CC2)C1. The van der Waals surface area contributed by atoms with Gasteiger partial charge in [-0.15, -0.1) is 0 Å². The summed E-state index contributed by atoms with van der Waals surface area (Å²) in [6.45, 7) is 2.29. The zero-order valence-corrected chi connectivity index (χ0v) is 12.5. The number of hydrogen-bond acceptors (Lipinski definition) is 4. The van der Waals surface area contributed by atoms with Crippen molar-refractivity contribution >= 4 is 16.9 Å². The van der Waals surface area contributed by atoms with E-state index in [0.29, 0.717) is 17.9 Å². The summed E-state index contributed by atoms with van der Waals surface area (Å²) in [6, 6.07) is 1.85. The number of likely N-dealkylation sites (tertiary alicyclic amines) is 1. The second-order valence-electron chi connectivity index (χ2n) is 6.25. The minimum Gasteiger partial charge on any atom is -0.376 e. The summed E-state index contributed by atoms with van der Waals surface area (Å²) >= 11 is 0. The van der Waals surface area contributed by atoms with Gasteiger partial charge in [0, 0.05) is 25.9 Å². The lowest BCUT2D eigenvalue weighted by molar-refractivity contribution is -0.00253. The van der Waals surface area contributed by atoms with Gasteiger partial charge in [0.2, 0.25) is 0 Å². The fourth-order valence-electron chi connectivity index (χ4n) is 3.01. The van der Waals surface area contributed by atoms with E-state index in [2.05, 4.69) is 15.0 Å². The maximum atomic E-state index is 12.8. The molecule has 1 amide bonds. The molecule has 0 radical (unpaired) electrons. The molecule has 2 aromatic heterocycles. The number of carbonyl (C=O) groups is 1. The van der Waals surface area contributed by atoms with E-state index >= 15 is 0 Å². The third kappa shape index (κ3) is 2.70. The first-order chi connectivity index (χ1) is 10.8. The van der Waals surface area contributed by atoms with Gasteiger partial charge in [-0.05, 0) is 37.7 Å². The molecule has 0 aromatic carbocycles. The summed E-state index contributed by atoms with van der Waals surface area (Å²) in [4.78, 5) is 26.0. The number of nitrogens with zero attached hydrogens (tertiary/aromatic N) is 3. The minimum atomic E-state index is -0.0216. The van der Waals surface area contributed by atoms with E-state index in [1.807, 2.05) is 11.0 Å². The Morgan fingerprint density at radius 2 is 2.27 bits per heavy atom. The molecule has 2 aliphatic rings. The van der Waals surface area contributed by atoms with Gasteiger partial charge < -0.3 is 14.6 Å². The van der Waals surface area contributed by atoms with E-state index < -0.39 is 0 Å². The van der Waals surface area contributed by atoms with E-state index in [-0.39, 0.29) is 12.0 Å². The van der Waals surface area contributed by atoms with E-state index in [0.717, 1.165) is 37.3 Å². The number of piperidine rings is 1. The zero-order valence-electron chi connectivity index (χ0n) is 12.5. The van der Waals surface area contributed by atoms with Crippen molar-refractivity contribution < 1.29 is 9.53 Å². The van der Waals surface area contributed by atoms with Gasteiger partial charge in [-0.25, -0.2) is 9.97 Å². The van der Waals surface area contributed by atoms with Crippen LogP contribution in [0, 0.1) is 5.92 Å². The van der Waals surface area contributed by atoms with Crippen molar-refractivity contribution in [3.8, 4) is 0 Å². The molecule has 6 heteroatoms. The first-order valence-corrected chi connectivity index (χ1v) is 8.00. The summed E-state index contributed by atoms with van der Waals surface area (Å²) < 4.78 is 5.96. The molecule has 3 heterocycles. The fourth-order valence-corrected chi connectivity index (χ4v) is 3.01. The number of hydrogen-bond donors (Lipinski definition) is 1. The van der Waals surface area contributed by atoms with Crippen molar-refractivity contribution in [1.29, 1.82) is 0 Å². The lowest BCUT2D eigenvalue weighted by Gasteiger charge is -2.32. The topological polar surface area (TPSA) is 71.1 Å². The van der Waals surface area contributed by atoms with Crippen LogP contribution in [0.5, 0.6) is 0 Å². The van der Waals surface area contributed by atoms with Crippen molar-refractivity contribution in [3.05, 3.63) is 24.3 Å². The van der Waals surface area contributed by atoms with Crippen molar-refractivity contribution in [3.63, 3.8) is 0 Å². The monoisotopic (exact) mass is 300 g/mol. The Bertz CT molecular complexity index is 680. The standard InChI is InChI=1S/C16H20N4O2/c21-16(14-13-5-6-17-15(13)19-10-18-14)20-7-1-2-12(8-20)22-9-11-3-4-11/h5-6,10-12H,1-4,7-9H2,(H,17,18,19). The Labute approximate surface area is 128 Å². The van der Waals surface area contributed by atoms with Crippen LogP contribution in [-0.2, 0) is 4.74 Å². The predicted octanol–water partition coefficient (Wildman–Crippen LogP) is 1.99. The molecule has 0 bridgehead atoms. The molecule has 0 spiro atoms. The average molecular weight is 300 g/mol. The van der Waals surface area contributed by atoms with E-state index in [1.54, 1.807) is 6.20 Å².